The van der Waals surface area contributed by atoms with Crippen LogP contribution in [0.15, 0.2) is 114 Å². The van der Waals surface area contributed by atoms with Gasteiger partial charge < -0.3 is 195 Å². The van der Waals surface area contributed by atoms with Gasteiger partial charge in [-0.15, -0.1) is 0 Å². The van der Waals surface area contributed by atoms with Gasteiger partial charge in [-0.3, -0.25) is 4.79 Å². The van der Waals surface area contributed by atoms with Crippen molar-refractivity contribution in [1.29, 1.82) is 0 Å². The molecule has 27 N–H and O–H groups in total. The molecule has 0 spiro atoms. The zero-order valence-electron chi connectivity index (χ0n) is 62.0. The molecule has 0 saturated carbocycles. The Morgan fingerprint density at radius 1 is 0.363 bits per heavy atom. The summed E-state index contributed by atoms with van der Waals surface area (Å²) in [6.45, 7) is -3.61. The van der Waals surface area contributed by atoms with E-state index < -0.39 is 347 Å². The third-order valence-electron chi connectivity index (χ3n) is 17.6. The third-order valence-corrected chi connectivity index (χ3v) is 17.6. The molecule has 2 aliphatic rings. The molecule has 1 aliphatic carbocycles. The molecule has 0 amide bonds. The fourth-order valence-corrected chi connectivity index (χ4v) is 11.3. The van der Waals surface area contributed by atoms with Crippen LogP contribution in [0.1, 0.15) is 96.2 Å². The predicted octanol–water partition coefficient (Wildman–Crippen LogP) is 3.79. The maximum atomic E-state index is 15.0. The Kier molecular flexibility index (Phi) is 26.0. The molecule has 0 bridgehead atoms. The highest BCUT2D eigenvalue weighted by atomic mass is 16.8. The molecule has 8 aromatic carbocycles. The van der Waals surface area contributed by atoms with Crippen molar-refractivity contribution in [2.45, 2.75) is 68.7 Å². The van der Waals surface area contributed by atoms with Crippen molar-refractivity contribution < 1.29 is 238 Å². The molecular weight excluding hydrogens is 1680 g/mol. The van der Waals surface area contributed by atoms with E-state index in [-0.39, 0.29) is 6.07 Å². The lowest BCUT2D eigenvalue weighted by Gasteiger charge is -2.44. The first-order valence-electron chi connectivity index (χ1n) is 34.5. The number of hydrogen-bond donors (Lipinski definition) is 27. The number of carbonyl (C=O) groups excluding carboxylic acids is 9. The molecule has 656 valence electrons. The lowest BCUT2D eigenvalue weighted by molar-refractivity contribution is -0.287. The van der Waals surface area contributed by atoms with Gasteiger partial charge in [-0.2, -0.15) is 0 Å². The van der Waals surface area contributed by atoms with Crippen LogP contribution in [-0.4, -0.2) is 267 Å². The number of rotatable bonds is 27. The monoisotopic (exact) mass is 1740 g/mol. The molecule has 1 saturated heterocycles. The summed E-state index contributed by atoms with van der Waals surface area (Å²) in [4.78, 5) is 128. The molecule has 1 aliphatic heterocycles. The highest BCUT2D eigenvalue weighted by Crippen LogP contribution is 2.51. The molecular formula is C76H64O48. The van der Waals surface area contributed by atoms with Crippen molar-refractivity contribution >= 4 is 53.7 Å². The number of phenolic OH excluding ortho intramolecular Hbond substituents is 23. The molecule has 1 fully saturated rings. The summed E-state index contributed by atoms with van der Waals surface area (Å²) in [6.07, 6.45) is -24.0. The molecule has 124 heavy (non-hydrogen) atoms. The number of ether oxygens (including phenoxy) is 12. The smallest absolute Gasteiger partial charge is 0.344 e. The molecule has 10 atom stereocenters. The lowest BCUT2D eigenvalue weighted by Crippen LogP contribution is -2.63. The van der Waals surface area contributed by atoms with Gasteiger partial charge in [0.15, 0.2) is 156 Å². The minimum atomic E-state index is -2.94. The van der Waals surface area contributed by atoms with Crippen LogP contribution in [0.25, 0.3) is 0 Å². The Morgan fingerprint density at radius 3 is 1.13 bits per heavy atom. The number of aliphatic hydroxyl groups excluding tert-OH is 4. The topological polar surface area (TPSA) is 811 Å². The van der Waals surface area contributed by atoms with Crippen LogP contribution in [0.2, 0.25) is 0 Å². The SMILES string of the molecule is CC(O)[C@H](OC(=O)c1cc(O)c(O)c(O)c1Oc1cc(C(=O)O[C@@H]2OC(COC(=O)c3cc(O)c(O)c(O)c3)[C@@H](OC(=O)C3C=C(O)C(O)=C(O)C3)C(OC(=O)c3cc(O)c(O)c(O)c3)C2OC(=O)c2cc(O)c(O)c(O)c2)cc(O)c1O)OC(COC(=O)c1cc(O)c(O)c(O)c1)[C@H](COC(=O)c1cc(O)c(O)c(O)c1)OC(=O)c1cc(O)c(O)c(O)c1. The van der Waals surface area contributed by atoms with Crippen LogP contribution < -0.4 is 4.74 Å². The minimum absolute atomic E-state index is 0.200. The summed E-state index contributed by atoms with van der Waals surface area (Å²) in [5.74, 6) is -53.6. The number of carbonyl (C=O) groups is 9. The Hall–Kier alpha value is -17.1. The van der Waals surface area contributed by atoms with Crippen molar-refractivity contribution in [3.63, 3.8) is 0 Å². The number of aromatic hydroxyl groups is 23. The molecule has 10 rings (SSSR count). The van der Waals surface area contributed by atoms with Gasteiger partial charge in [0.1, 0.15) is 49.5 Å². The number of esters is 9. The second-order valence-electron chi connectivity index (χ2n) is 26.3. The first-order chi connectivity index (χ1) is 58.2. The summed E-state index contributed by atoms with van der Waals surface area (Å²) < 4.78 is 67.0. The second kappa shape index (κ2) is 36.0. The summed E-state index contributed by atoms with van der Waals surface area (Å²) in [6, 6.07) is 6.62. The maximum absolute atomic E-state index is 15.0. The van der Waals surface area contributed by atoms with E-state index in [4.69, 9.17) is 56.8 Å². The standard InChI is InChI=1S/C76H64O48/c1-22(77)75(118-50(20-114-67(105)24-4-34(80)53(95)35(81)5-24)49(117-69(107)26-8-38(84)55(97)39(85)9-26)19-113-66(104)23-2-32(78)52(94)33(79)3-23)124-74(112)31-18-47(93)60(102)61(103)62(31)116-48-17-30(16-46(92)59(48)101)73(111)123-76-65(122-72(110)29-14-44(90)58(100)45(91)15-29)64(121-71(109)28-12-42(88)57(99)43(89)13-28)63(120-70(108)27-10-40(86)56(98)41(87)11-27)51(119-76)21-115-68(106)25-6-36(82)54(96)37(83)7-25/h2-10,12-18,22,27,49-51,63-65,75-103H,11,19-21H2,1H3/t22?,27?,49-,50?,51?,63+,64?,65?,75-,76-/m0/s1. The van der Waals surface area contributed by atoms with Gasteiger partial charge in [-0.1, -0.05) is 0 Å². The fourth-order valence-electron chi connectivity index (χ4n) is 11.3. The first-order valence-corrected chi connectivity index (χ1v) is 34.5. The van der Waals surface area contributed by atoms with Gasteiger partial charge >= 0.3 is 53.7 Å². The Labute approximate surface area is 686 Å². The van der Waals surface area contributed by atoms with Gasteiger partial charge in [0.25, 0.3) is 0 Å². The number of hydrogen-bond acceptors (Lipinski definition) is 48. The van der Waals surface area contributed by atoms with Crippen LogP contribution in [0, 0.1) is 5.92 Å². The average molecular weight is 1750 g/mol. The van der Waals surface area contributed by atoms with Gasteiger partial charge in [0.2, 0.25) is 35.9 Å². The highest BCUT2D eigenvalue weighted by Gasteiger charge is 2.56. The number of phenols is 23. The fraction of sp³-hybridized carbons (Fsp3) is 0.197. The van der Waals surface area contributed by atoms with E-state index in [2.05, 4.69) is 0 Å². The van der Waals surface area contributed by atoms with Crippen LogP contribution in [0.3, 0.4) is 0 Å². The highest BCUT2D eigenvalue weighted by molar-refractivity contribution is 5.98. The predicted molar refractivity (Wildman–Crippen MR) is 389 cm³/mol. The third kappa shape index (κ3) is 19.4. The normalized spacial score (nSPS) is 17.1. The molecule has 1 heterocycles. The number of benzene rings is 8. The van der Waals surface area contributed by atoms with Crippen LogP contribution in [-0.2, 0) is 56.9 Å². The van der Waals surface area contributed by atoms with E-state index >= 15 is 0 Å². The Bertz CT molecular complexity index is 5570. The van der Waals surface area contributed by atoms with Crippen molar-refractivity contribution in [3.8, 4) is 144 Å². The van der Waals surface area contributed by atoms with Crippen molar-refractivity contribution in [2.75, 3.05) is 19.8 Å². The van der Waals surface area contributed by atoms with Crippen LogP contribution in [0.4, 0.5) is 0 Å². The Morgan fingerprint density at radius 2 is 0.718 bits per heavy atom. The molecule has 6 unspecified atom stereocenters. The van der Waals surface area contributed by atoms with E-state index in [1.165, 1.54) is 0 Å². The second-order valence-corrected chi connectivity index (χ2v) is 26.3. The molecule has 0 aromatic heterocycles. The van der Waals surface area contributed by atoms with Crippen molar-refractivity contribution in [2.24, 2.45) is 5.92 Å². The van der Waals surface area contributed by atoms with Crippen LogP contribution >= 0.6 is 0 Å². The number of allylic oxidation sites excluding steroid dienone is 1. The minimum Gasteiger partial charge on any atom is -0.508 e. The first kappa shape index (κ1) is 89.3. The summed E-state index contributed by atoms with van der Waals surface area (Å²) in [5, 5.41) is 283. The average Bonchev–Trinajstić information content (AvgIpc) is 0.683. The van der Waals surface area contributed by atoms with Gasteiger partial charge in [-0.25, -0.2) is 38.4 Å². The van der Waals surface area contributed by atoms with Crippen LogP contribution in [0.5, 0.6) is 144 Å². The zero-order chi connectivity index (χ0) is 91.4. The zero-order valence-corrected chi connectivity index (χ0v) is 62.0. The Balaban J connectivity index is 1.04. The number of aliphatic hydroxyl groups is 4. The quantitative estimate of drug-likeness (QED) is 0.0151. The van der Waals surface area contributed by atoms with Gasteiger partial charge in [0.05, 0.1) is 44.9 Å². The van der Waals surface area contributed by atoms with Gasteiger partial charge in [0, 0.05) is 12.5 Å². The molecule has 48 nitrogen and oxygen atoms in total. The van der Waals surface area contributed by atoms with E-state index in [1.807, 2.05) is 0 Å². The summed E-state index contributed by atoms with van der Waals surface area (Å²) in [5.41, 5.74) is -7.87. The maximum Gasteiger partial charge on any atom is 0.344 e. The lowest BCUT2D eigenvalue weighted by atomic mass is 9.95. The van der Waals surface area contributed by atoms with Crippen molar-refractivity contribution in [3.05, 3.63) is 159 Å². The van der Waals surface area contributed by atoms with Crippen molar-refractivity contribution in [1.82, 2.24) is 0 Å². The van der Waals surface area contributed by atoms with E-state index in [9.17, 15) is 181 Å². The molecule has 8 aromatic rings. The summed E-state index contributed by atoms with van der Waals surface area (Å²) >= 11 is 0. The van der Waals surface area contributed by atoms with E-state index in [0.717, 1.165) is 6.92 Å². The molecule has 0 radical (unpaired) electrons. The largest absolute Gasteiger partial charge is 0.508 e. The van der Waals surface area contributed by atoms with E-state index in [0.29, 0.717) is 91.0 Å². The molecule has 48 heteroatoms. The van der Waals surface area contributed by atoms with Gasteiger partial charge in [-0.05, 0) is 97.9 Å². The van der Waals surface area contributed by atoms with E-state index in [1.54, 1.807) is 0 Å². The summed E-state index contributed by atoms with van der Waals surface area (Å²) in [7, 11) is 0.